The molecule has 1 heterocycles. The van der Waals surface area contributed by atoms with Crippen LogP contribution >= 0.6 is 11.6 Å². The average Bonchev–Trinajstić information content (AvgIpc) is 3.08. The molecule has 0 aliphatic heterocycles. The van der Waals surface area contributed by atoms with E-state index in [2.05, 4.69) is 4.98 Å². The van der Waals surface area contributed by atoms with Crippen LogP contribution in [-0.2, 0) is 4.74 Å². The smallest absolute Gasteiger partial charge is 0.361 e. The summed E-state index contributed by atoms with van der Waals surface area (Å²) in [7, 11) is 0. The average molecular weight is 353 g/mol. The number of carbonyl (C=O) groups is 1. The van der Waals surface area contributed by atoms with Crippen molar-refractivity contribution in [1.82, 2.24) is 4.98 Å². The molecular formula is C19H13ClN2O3. The Bertz CT molecular complexity index is 938. The fourth-order valence-electron chi connectivity index (χ4n) is 2.27. The van der Waals surface area contributed by atoms with Crippen molar-refractivity contribution in [2.75, 3.05) is 6.61 Å². The number of ether oxygens (including phenoxy) is 1. The molecule has 0 atom stereocenters. The summed E-state index contributed by atoms with van der Waals surface area (Å²) in [4.78, 5) is 16.5. The molecule has 0 radical (unpaired) electrons. The number of carbonyl (C=O) groups excluding carboxylic acids is 1. The van der Waals surface area contributed by atoms with Crippen molar-refractivity contribution in [2.45, 2.75) is 6.92 Å². The molecule has 6 heteroatoms. The zero-order valence-corrected chi connectivity index (χ0v) is 14.1. The number of esters is 1. The van der Waals surface area contributed by atoms with Gasteiger partial charge < -0.3 is 9.15 Å². The highest BCUT2D eigenvalue weighted by molar-refractivity contribution is 6.30. The summed E-state index contributed by atoms with van der Waals surface area (Å²) in [6, 6.07) is 15.7. The number of nitrogens with zero attached hydrogens (tertiary/aromatic N) is 2. The van der Waals surface area contributed by atoms with Crippen molar-refractivity contribution in [3.63, 3.8) is 0 Å². The number of nitriles is 1. The van der Waals surface area contributed by atoms with Gasteiger partial charge in [-0.2, -0.15) is 5.26 Å². The fraction of sp³-hybridized carbons (Fsp3) is 0.105. The van der Waals surface area contributed by atoms with Gasteiger partial charge in [-0.1, -0.05) is 11.6 Å². The van der Waals surface area contributed by atoms with E-state index in [1.807, 2.05) is 6.07 Å². The molecular weight excluding hydrogens is 340 g/mol. The van der Waals surface area contributed by atoms with Crippen molar-refractivity contribution < 1.29 is 13.9 Å². The van der Waals surface area contributed by atoms with Crippen LogP contribution in [0.15, 0.2) is 52.9 Å². The second kappa shape index (κ2) is 7.20. The molecule has 2 aromatic carbocycles. The van der Waals surface area contributed by atoms with Crippen LogP contribution in [-0.4, -0.2) is 17.6 Å². The molecule has 0 aliphatic rings. The van der Waals surface area contributed by atoms with E-state index in [9.17, 15) is 4.79 Å². The summed E-state index contributed by atoms with van der Waals surface area (Å²) >= 11 is 5.90. The second-order valence-corrected chi connectivity index (χ2v) is 5.55. The van der Waals surface area contributed by atoms with Crippen LogP contribution in [0.3, 0.4) is 0 Å². The first-order chi connectivity index (χ1) is 12.1. The van der Waals surface area contributed by atoms with Crippen LogP contribution in [0.4, 0.5) is 0 Å². The van der Waals surface area contributed by atoms with Gasteiger partial charge in [-0.25, -0.2) is 9.78 Å². The molecule has 5 nitrogen and oxygen atoms in total. The number of hydrogen-bond acceptors (Lipinski definition) is 5. The molecule has 3 aromatic rings. The predicted molar refractivity (Wildman–Crippen MR) is 93.1 cm³/mol. The van der Waals surface area contributed by atoms with Gasteiger partial charge in [0.2, 0.25) is 5.89 Å². The minimum atomic E-state index is -0.564. The number of halogens is 1. The topological polar surface area (TPSA) is 76.1 Å². The second-order valence-electron chi connectivity index (χ2n) is 5.11. The Morgan fingerprint density at radius 3 is 2.40 bits per heavy atom. The van der Waals surface area contributed by atoms with Crippen LogP contribution in [0.5, 0.6) is 0 Å². The lowest BCUT2D eigenvalue weighted by molar-refractivity contribution is 0.0520. The summed E-state index contributed by atoms with van der Waals surface area (Å²) in [6.07, 6.45) is 0. The number of rotatable bonds is 4. The van der Waals surface area contributed by atoms with Gasteiger partial charge in [-0.05, 0) is 55.5 Å². The van der Waals surface area contributed by atoms with E-state index >= 15 is 0 Å². The fourth-order valence-corrected chi connectivity index (χ4v) is 2.39. The first-order valence-electron chi connectivity index (χ1n) is 7.56. The standard InChI is InChI=1S/C19H13ClN2O3/c1-2-24-19(23)16-17(13-5-3-12(11-21)4-6-13)25-18(22-16)14-7-9-15(20)10-8-14/h3-10H,2H2,1H3. The van der Waals surface area contributed by atoms with Gasteiger partial charge >= 0.3 is 5.97 Å². The van der Waals surface area contributed by atoms with E-state index in [0.717, 1.165) is 0 Å². The van der Waals surface area contributed by atoms with E-state index < -0.39 is 5.97 Å². The molecule has 0 saturated heterocycles. The molecule has 0 aliphatic carbocycles. The van der Waals surface area contributed by atoms with Gasteiger partial charge in [0.25, 0.3) is 0 Å². The first kappa shape index (κ1) is 16.7. The summed E-state index contributed by atoms with van der Waals surface area (Å²) < 4.78 is 10.9. The van der Waals surface area contributed by atoms with Crippen molar-refractivity contribution in [3.05, 3.63) is 64.8 Å². The van der Waals surface area contributed by atoms with Gasteiger partial charge in [0.15, 0.2) is 11.5 Å². The van der Waals surface area contributed by atoms with E-state index in [-0.39, 0.29) is 12.3 Å². The minimum absolute atomic E-state index is 0.0940. The highest BCUT2D eigenvalue weighted by Crippen LogP contribution is 2.31. The third-order valence-corrected chi connectivity index (χ3v) is 3.72. The zero-order chi connectivity index (χ0) is 17.8. The Morgan fingerprint density at radius 2 is 1.80 bits per heavy atom. The number of hydrogen-bond donors (Lipinski definition) is 0. The van der Waals surface area contributed by atoms with Gasteiger partial charge in [-0.3, -0.25) is 0 Å². The van der Waals surface area contributed by atoms with E-state index in [4.69, 9.17) is 26.0 Å². The predicted octanol–water partition coefficient (Wildman–Crippen LogP) is 4.71. The molecule has 1 aromatic heterocycles. The number of oxazole rings is 1. The third kappa shape index (κ3) is 3.54. The van der Waals surface area contributed by atoms with Crippen LogP contribution in [0.2, 0.25) is 5.02 Å². The highest BCUT2D eigenvalue weighted by atomic mass is 35.5. The molecule has 0 unspecified atom stereocenters. The molecule has 0 fully saturated rings. The molecule has 0 saturated carbocycles. The molecule has 0 spiro atoms. The summed E-state index contributed by atoms with van der Waals surface area (Å²) in [5, 5.41) is 9.51. The van der Waals surface area contributed by atoms with Crippen LogP contribution < -0.4 is 0 Å². The van der Waals surface area contributed by atoms with Gasteiger partial charge in [-0.15, -0.1) is 0 Å². The van der Waals surface area contributed by atoms with E-state index in [1.54, 1.807) is 55.5 Å². The lowest BCUT2D eigenvalue weighted by Crippen LogP contribution is -2.06. The lowest BCUT2D eigenvalue weighted by Gasteiger charge is -2.01. The van der Waals surface area contributed by atoms with E-state index in [1.165, 1.54) is 0 Å². The Hall–Kier alpha value is -3.10. The molecule has 124 valence electrons. The van der Waals surface area contributed by atoms with Crippen LogP contribution in [0.1, 0.15) is 23.0 Å². The quantitative estimate of drug-likeness (QED) is 0.635. The first-order valence-corrected chi connectivity index (χ1v) is 7.94. The van der Waals surface area contributed by atoms with Crippen molar-refractivity contribution in [2.24, 2.45) is 0 Å². The van der Waals surface area contributed by atoms with Gasteiger partial charge in [0.1, 0.15) is 0 Å². The Balaban J connectivity index is 2.09. The Kier molecular flexibility index (Phi) is 4.82. The summed E-state index contributed by atoms with van der Waals surface area (Å²) in [5.41, 5.74) is 1.93. The molecule has 0 N–H and O–H groups in total. The normalized spacial score (nSPS) is 10.3. The summed E-state index contributed by atoms with van der Waals surface area (Å²) in [5.74, 6) is 0.0257. The monoisotopic (exact) mass is 352 g/mol. The van der Waals surface area contributed by atoms with Crippen molar-refractivity contribution >= 4 is 17.6 Å². The maximum atomic E-state index is 12.2. The maximum Gasteiger partial charge on any atom is 0.361 e. The number of benzene rings is 2. The highest BCUT2D eigenvalue weighted by Gasteiger charge is 2.23. The summed E-state index contributed by atoms with van der Waals surface area (Å²) in [6.45, 7) is 1.95. The third-order valence-electron chi connectivity index (χ3n) is 3.46. The van der Waals surface area contributed by atoms with E-state index in [0.29, 0.717) is 33.4 Å². The molecule has 3 rings (SSSR count). The lowest BCUT2D eigenvalue weighted by atomic mass is 10.1. The Morgan fingerprint density at radius 1 is 1.16 bits per heavy atom. The van der Waals surface area contributed by atoms with Gasteiger partial charge in [0.05, 0.1) is 18.2 Å². The van der Waals surface area contributed by atoms with Crippen molar-refractivity contribution in [1.29, 1.82) is 5.26 Å². The van der Waals surface area contributed by atoms with Crippen LogP contribution in [0.25, 0.3) is 22.8 Å². The molecule has 0 bridgehead atoms. The van der Waals surface area contributed by atoms with Crippen LogP contribution in [0, 0.1) is 11.3 Å². The molecule has 0 amide bonds. The van der Waals surface area contributed by atoms with Gasteiger partial charge in [0, 0.05) is 16.1 Å². The Labute approximate surface area is 149 Å². The minimum Gasteiger partial charge on any atom is -0.461 e. The molecule has 25 heavy (non-hydrogen) atoms. The zero-order valence-electron chi connectivity index (χ0n) is 13.3. The largest absolute Gasteiger partial charge is 0.461 e. The number of aromatic nitrogens is 1. The SMILES string of the molecule is CCOC(=O)c1nc(-c2ccc(Cl)cc2)oc1-c1ccc(C#N)cc1. The van der Waals surface area contributed by atoms with Crippen molar-refractivity contribution in [3.8, 4) is 28.8 Å². The maximum absolute atomic E-state index is 12.2.